The van der Waals surface area contributed by atoms with Gasteiger partial charge in [-0.25, -0.2) is 0 Å². The number of amides is 1. The molecule has 2 aromatic carbocycles. The van der Waals surface area contributed by atoms with E-state index in [2.05, 4.69) is 10.4 Å². The van der Waals surface area contributed by atoms with Crippen molar-refractivity contribution < 1.29 is 4.79 Å². The first kappa shape index (κ1) is 14.8. The molecule has 24 heavy (non-hydrogen) atoms. The highest BCUT2D eigenvalue weighted by Crippen LogP contribution is 2.25. The van der Waals surface area contributed by atoms with E-state index in [1.807, 2.05) is 30.3 Å². The summed E-state index contributed by atoms with van der Waals surface area (Å²) in [5, 5.41) is 3.09. The molecule has 0 saturated carbocycles. The zero-order valence-corrected chi connectivity index (χ0v) is 13.9. The number of para-hydroxylation sites is 1. The average Bonchev–Trinajstić information content (AvgIpc) is 3.02. The number of rotatable bonds is 2. The van der Waals surface area contributed by atoms with E-state index < -0.39 is 0 Å². The molecule has 0 spiro atoms. The largest absolute Gasteiger partial charge is 0.330 e. The minimum atomic E-state index is -0.371. The Hall–Kier alpha value is -2.77. The number of hydrogen-bond acceptors (Lipinski definition) is 4. The summed E-state index contributed by atoms with van der Waals surface area (Å²) in [6.07, 6.45) is 0. The molecule has 0 fully saturated rings. The van der Waals surface area contributed by atoms with Gasteiger partial charge < -0.3 is 4.98 Å². The summed E-state index contributed by atoms with van der Waals surface area (Å²) in [7, 11) is 0. The molecule has 0 atom stereocenters. The Morgan fingerprint density at radius 3 is 2.62 bits per heavy atom. The normalized spacial score (nSPS) is 11.0. The van der Waals surface area contributed by atoms with Crippen LogP contribution in [0.1, 0.15) is 10.4 Å². The van der Waals surface area contributed by atoms with Crippen LogP contribution in [0.5, 0.6) is 0 Å². The van der Waals surface area contributed by atoms with Gasteiger partial charge in [-0.15, -0.1) is 11.3 Å². The first-order valence-electron chi connectivity index (χ1n) is 7.17. The highest BCUT2D eigenvalue weighted by molar-refractivity contribution is 7.71. The van der Waals surface area contributed by atoms with E-state index in [1.54, 1.807) is 23.6 Å². The molecule has 4 rings (SSSR count). The molecule has 0 bridgehead atoms. The van der Waals surface area contributed by atoms with E-state index in [0.717, 1.165) is 14.8 Å². The second-order valence-electron chi connectivity index (χ2n) is 5.20. The summed E-state index contributed by atoms with van der Waals surface area (Å²) in [6, 6.07) is 14.7. The third kappa shape index (κ3) is 2.34. The lowest BCUT2D eigenvalue weighted by Crippen LogP contribution is -2.34. The lowest BCUT2D eigenvalue weighted by Gasteiger charge is -2.09. The smallest absolute Gasteiger partial charge is 0.281 e. The molecule has 118 valence electrons. The first-order valence-corrected chi connectivity index (χ1v) is 8.45. The maximum atomic E-state index is 12.6. The maximum absolute atomic E-state index is 12.6. The Morgan fingerprint density at radius 1 is 1.08 bits per heavy atom. The van der Waals surface area contributed by atoms with Crippen LogP contribution in [-0.4, -0.2) is 15.6 Å². The number of fused-ring (bicyclic) bond motifs is 2. The van der Waals surface area contributed by atoms with Gasteiger partial charge in [0, 0.05) is 15.5 Å². The van der Waals surface area contributed by atoms with E-state index >= 15 is 0 Å². The van der Waals surface area contributed by atoms with E-state index in [-0.39, 0.29) is 16.2 Å². The third-order valence-corrected chi connectivity index (χ3v) is 4.99. The van der Waals surface area contributed by atoms with Crippen LogP contribution in [-0.2, 0) is 0 Å². The summed E-state index contributed by atoms with van der Waals surface area (Å²) >= 11 is 6.69. The van der Waals surface area contributed by atoms with Crippen molar-refractivity contribution in [1.82, 2.24) is 9.66 Å². The first-order chi connectivity index (χ1) is 11.6. The van der Waals surface area contributed by atoms with Crippen LogP contribution in [0.4, 0.5) is 0 Å². The van der Waals surface area contributed by atoms with Gasteiger partial charge in [0.25, 0.3) is 11.5 Å². The number of H-pyrrole nitrogens is 1. The second kappa shape index (κ2) is 5.70. The Labute approximate surface area is 145 Å². The lowest BCUT2D eigenvalue weighted by molar-refractivity contribution is 0.101. The van der Waals surface area contributed by atoms with Crippen molar-refractivity contribution in [2.24, 2.45) is 0 Å². The predicted molar refractivity (Wildman–Crippen MR) is 98.9 cm³/mol. The monoisotopic (exact) mass is 353 g/mol. The summed E-state index contributed by atoms with van der Waals surface area (Å²) in [5.74, 6) is -0.371. The predicted octanol–water partition coefficient (Wildman–Crippen LogP) is 3.66. The molecule has 2 aromatic heterocycles. The number of aromatic amines is 1. The second-order valence-corrected chi connectivity index (χ2v) is 6.50. The van der Waals surface area contributed by atoms with Crippen LogP contribution in [0.2, 0.25) is 0 Å². The highest BCUT2D eigenvalue weighted by Gasteiger charge is 2.14. The number of benzene rings is 2. The molecule has 5 nitrogen and oxygen atoms in total. The number of carbonyl (C=O) groups excluding carboxylic acids is 1. The van der Waals surface area contributed by atoms with Gasteiger partial charge in [0.15, 0.2) is 4.77 Å². The lowest BCUT2D eigenvalue weighted by atomic mass is 10.2. The van der Waals surface area contributed by atoms with Gasteiger partial charge in [-0.05, 0) is 30.4 Å². The maximum Gasteiger partial charge on any atom is 0.281 e. The average molecular weight is 353 g/mol. The molecule has 0 aliphatic rings. The molecular weight excluding hydrogens is 342 g/mol. The van der Waals surface area contributed by atoms with Gasteiger partial charge in [0.1, 0.15) is 0 Å². The van der Waals surface area contributed by atoms with Crippen LogP contribution in [0.15, 0.2) is 58.7 Å². The molecule has 0 saturated heterocycles. The Kier molecular flexibility index (Phi) is 3.51. The highest BCUT2D eigenvalue weighted by atomic mass is 32.1. The fraction of sp³-hybridized carbons (Fsp3) is 0. The Morgan fingerprint density at radius 2 is 1.79 bits per heavy atom. The molecule has 7 heteroatoms. The molecule has 1 amide bonds. The molecular formula is C17H11N3O2S2. The van der Waals surface area contributed by atoms with Crippen LogP contribution < -0.4 is 11.0 Å². The summed E-state index contributed by atoms with van der Waals surface area (Å²) in [5.41, 5.74) is 3.40. The summed E-state index contributed by atoms with van der Waals surface area (Å²) in [6.45, 7) is 0. The van der Waals surface area contributed by atoms with E-state index in [9.17, 15) is 9.59 Å². The quantitative estimate of drug-likeness (QED) is 0.541. The van der Waals surface area contributed by atoms with Crippen molar-refractivity contribution in [2.75, 3.05) is 5.43 Å². The fourth-order valence-corrected chi connectivity index (χ4v) is 3.76. The zero-order valence-electron chi connectivity index (χ0n) is 12.3. The minimum Gasteiger partial charge on any atom is -0.330 e. The van der Waals surface area contributed by atoms with E-state index in [4.69, 9.17) is 12.2 Å². The van der Waals surface area contributed by atoms with Crippen LogP contribution >= 0.6 is 23.6 Å². The van der Waals surface area contributed by atoms with Crippen molar-refractivity contribution in [1.29, 1.82) is 0 Å². The summed E-state index contributed by atoms with van der Waals surface area (Å²) in [4.78, 5) is 28.1. The number of thiophene rings is 1. The topological polar surface area (TPSA) is 66.9 Å². The Bertz CT molecular complexity index is 1200. The van der Waals surface area contributed by atoms with Gasteiger partial charge in [-0.1, -0.05) is 30.3 Å². The van der Waals surface area contributed by atoms with Crippen LogP contribution in [0.3, 0.4) is 0 Å². The number of aromatic nitrogens is 2. The Balaban J connectivity index is 1.81. The van der Waals surface area contributed by atoms with Crippen molar-refractivity contribution in [2.45, 2.75) is 0 Å². The van der Waals surface area contributed by atoms with Crippen molar-refractivity contribution in [3.05, 3.63) is 74.6 Å². The molecule has 2 heterocycles. The number of nitrogens with one attached hydrogen (secondary N) is 2. The molecule has 0 aliphatic carbocycles. The van der Waals surface area contributed by atoms with Crippen molar-refractivity contribution >= 4 is 50.5 Å². The van der Waals surface area contributed by atoms with Crippen LogP contribution in [0, 0.1) is 4.77 Å². The van der Waals surface area contributed by atoms with Gasteiger partial charge in [0.05, 0.1) is 16.5 Å². The molecule has 0 unspecified atom stereocenters. The van der Waals surface area contributed by atoms with Gasteiger partial charge in [0.2, 0.25) is 0 Å². The van der Waals surface area contributed by atoms with E-state index in [1.165, 1.54) is 11.3 Å². The van der Waals surface area contributed by atoms with Crippen molar-refractivity contribution in [3.8, 4) is 0 Å². The number of nitrogens with zero attached hydrogens (tertiary/aromatic N) is 1. The zero-order chi connectivity index (χ0) is 16.7. The number of hydrogen-bond donors (Lipinski definition) is 2. The van der Waals surface area contributed by atoms with Gasteiger partial charge in [-0.3, -0.25) is 15.0 Å². The molecule has 0 aliphatic heterocycles. The number of carbonyl (C=O) groups is 1. The molecule has 2 N–H and O–H groups in total. The minimum absolute atomic E-state index is 0.145. The SMILES string of the molecule is O=C(Nn1c(=S)[nH]c2ccccc2c1=O)c1csc2ccccc12. The van der Waals surface area contributed by atoms with Crippen molar-refractivity contribution in [3.63, 3.8) is 0 Å². The molecule has 4 aromatic rings. The van der Waals surface area contributed by atoms with Gasteiger partial charge >= 0.3 is 0 Å². The van der Waals surface area contributed by atoms with E-state index in [0.29, 0.717) is 16.5 Å². The summed E-state index contributed by atoms with van der Waals surface area (Å²) < 4.78 is 2.23. The van der Waals surface area contributed by atoms with Crippen LogP contribution in [0.25, 0.3) is 21.0 Å². The molecule has 0 radical (unpaired) electrons. The standard InChI is InChI=1S/C17H11N3O2S2/c21-15(12-9-24-14-8-4-2-5-10(12)14)19-20-16(22)11-6-1-3-7-13(11)18-17(20)23/h1-9H,(H,18,23)(H,19,21). The fourth-order valence-electron chi connectivity index (χ4n) is 2.58. The van der Waals surface area contributed by atoms with Gasteiger partial charge in [-0.2, -0.15) is 4.68 Å². The third-order valence-electron chi connectivity index (χ3n) is 3.74.